The number of urea groups is 1. The summed E-state index contributed by atoms with van der Waals surface area (Å²) in [5.74, 6) is -4.07. The predicted octanol–water partition coefficient (Wildman–Crippen LogP) is 2.38. The van der Waals surface area contributed by atoms with E-state index in [9.17, 15) is 22.4 Å². The summed E-state index contributed by atoms with van der Waals surface area (Å²) in [5, 5.41) is 2.26. The van der Waals surface area contributed by atoms with Crippen molar-refractivity contribution < 1.29 is 22.4 Å². The van der Waals surface area contributed by atoms with Crippen LogP contribution < -0.4 is 10.2 Å². The van der Waals surface area contributed by atoms with E-state index in [1.165, 1.54) is 7.05 Å². The zero-order chi connectivity index (χ0) is 16.3. The maximum absolute atomic E-state index is 13.5. The minimum atomic E-state index is -1.02. The highest BCUT2D eigenvalue weighted by molar-refractivity contribution is 5.90. The molecule has 116 valence electrons. The Morgan fingerprint density at radius 3 is 2.27 bits per heavy atom. The molecule has 0 aromatic carbocycles. The molecule has 0 fully saturated rings. The van der Waals surface area contributed by atoms with Gasteiger partial charge in [0.1, 0.15) is 17.5 Å². The van der Waals surface area contributed by atoms with E-state index in [2.05, 4.69) is 15.3 Å². The van der Waals surface area contributed by atoms with Crippen LogP contribution in [0, 0.1) is 23.3 Å². The molecule has 2 amide bonds. The molecule has 2 aromatic heterocycles. The first-order chi connectivity index (χ1) is 10.4. The van der Waals surface area contributed by atoms with Crippen LogP contribution in [0.4, 0.5) is 28.2 Å². The van der Waals surface area contributed by atoms with Crippen LogP contribution in [-0.2, 0) is 6.54 Å². The average Bonchev–Trinajstić information content (AvgIpc) is 2.45. The van der Waals surface area contributed by atoms with Gasteiger partial charge in [-0.25, -0.2) is 27.3 Å². The first-order valence-electron chi connectivity index (χ1n) is 6.01. The highest BCUT2D eigenvalue weighted by atomic mass is 19.1. The first kappa shape index (κ1) is 15.7. The van der Waals surface area contributed by atoms with E-state index in [1.54, 1.807) is 0 Å². The van der Waals surface area contributed by atoms with E-state index < -0.39 is 35.1 Å². The number of nitrogens with one attached hydrogen (secondary N) is 1. The van der Waals surface area contributed by atoms with Crippen LogP contribution in [0.5, 0.6) is 0 Å². The summed E-state index contributed by atoms with van der Waals surface area (Å²) in [4.78, 5) is 19.6. The molecule has 1 N–H and O–H groups in total. The molecule has 0 unspecified atom stereocenters. The number of carbonyl (C=O) groups is 1. The Morgan fingerprint density at radius 2 is 1.68 bits per heavy atom. The highest BCUT2D eigenvalue weighted by Gasteiger charge is 2.17. The molecule has 22 heavy (non-hydrogen) atoms. The van der Waals surface area contributed by atoms with E-state index >= 15 is 0 Å². The van der Waals surface area contributed by atoms with Gasteiger partial charge in [0.2, 0.25) is 0 Å². The van der Waals surface area contributed by atoms with E-state index in [1.807, 2.05) is 0 Å². The summed E-state index contributed by atoms with van der Waals surface area (Å²) in [6, 6.07) is 0.385. The molecule has 0 radical (unpaired) electrons. The summed E-state index contributed by atoms with van der Waals surface area (Å²) in [5.41, 5.74) is -0.185. The molecule has 2 heterocycles. The summed E-state index contributed by atoms with van der Waals surface area (Å²) >= 11 is 0. The Balaban J connectivity index is 2.05. The lowest BCUT2D eigenvalue weighted by molar-refractivity contribution is 0.246. The number of amides is 2. The Morgan fingerprint density at radius 1 is 1.09 bits per heavy atom. The molecule has 2 rings (SSSR count). The topological polar surface area (TPSA) is 58.1 Å². The normalized spacial score (nSPS) is 10.4. The SMILES string of the molecule is CN(C(=O)NCc1ncc(F)cc1F)c1ncc(F)cc1F. The lowest BCUT2D eigenvalue weighted by Crippen LogP contribution is -2.38. The highest BCUT2D eigenvalue weighted by Crippen LogP contribution is 2.15. The van der Waals surface area contributed by atoms with Gasteiger partial charge in [-0.1, -0.05) is 0 Å². The monoisotopic (exact) mass is 314 g/mol. The summed E-state index contributed by atoms with van der Waals surface area (Å²) in [7, 11) is 1.20. The smallest absolute Gasteiger partial charge is 0.323 e. The third-order valence-corrected chi connectivity index (χ3v) is 2.70. The zero-order valence-corrected chi connectivity index (χ0v) is 11.3. The van der Waals surface area contributed by atoms with Crippen molar-refractivity contribution in [1.29, 1.82) is 0 Å². The standard InChI is InChI=1S/C13H10F4N4O/c1-21(12-10(17)3-8(15)5-19-12)13(22)20-6-11-9(16)2-7(14)4-18-11/h2-5H,6H2,1H3,(H,20,22). The number of hydrogen-bond acceptors (Lipinski definition) is 3. The molecule has 9 heteroatoms. The van der Waals surface area contributed by atoms with Crippen molar-refractivity contribution in [3.63, 3.8) is 0 Å². The van der Waals surface area contributed by atoms with Crippen LogP contribution >= 0.6 is 0 Å². The quantitative estimate of drug-likeness (QED) is 0.885. The van der Waals surface area contributed by atoms with Crippen molar-refractivity contribution in [2.45, 2.75) is 6.54 Å². The van der Waals surface area contributed by atoms with Crippen molar-refractivity contribution in [1.82, 2.24) is 15.3 Å². The summed E-state index contributed by atoms with van der Waals surface area (Å²) < 4.78 is 52.3. The van der Waals surface area contributed by atoms with E-state index in [0.29, 0.717) is 12.1 Å². The van der Waals surface area contributed by atoms with Crippen LogP contribution in [0.15, 0.2) is 24.5 Å². The maximum atomic E-state index is 13.5. The minimum Gasteiger partial charge on any atom is -0.332 e. The van der Waals surface area contributed by atoms with Crippen LogP contribution in [0.25, 0.3) is 0 Å². The fourth-order valence-electron chi connectivity index (χ4n) is 1.60. The van der Waals surface area contributed by atoms with Gasteiger partial charge in [0.15, 0.2) is 11.6 Å². The van der Waals surface area contributed by atoms with Gasteiger partial charge in [0.05, 0.1) is 24.6 Å². The molecule has 5 nitrogen and oxygen atoms in total. The number of carbonyl (C=O) groups excluding carboxylic acids is 1. The van der Waals surface area contributed by atoms with Crippen LogP contribution in [0.3, 0.4) is 0 Å². The Labute approximate surface area is 122 Å². The third-order valence-electron chi connectivity index (χ3n) is 2.70. The number of hydrogen-bond donors (Lipinski definition) is 1. The second-order valence-electron chi connectivity index (χ2n) is 4.26. The van der Waals surface area contributed by atoms with Crippen molar-refractivity contribution in [3.8, 4) is 0 Å². The summed E-state index contributed by atoms with van der Waals surface area (Å²) in [6.07, 6.45) is 1.55. The number of aromatic nitrogens is 2. The van der Waals surface area contributed by atoms with Gasteiger partial charge in [0, 0.05) is 19.2 Å². The van der Waals surface area contributed by atoms with Gasteiger partial charge in [-0.3, -0.25) is 9.88 Å². The number of nitrogens with zero attached hydrogens (tertiary/aromatic N) is 3. The molecular weight excluding hydrogens is 304 g/mol. The Bertz CT molecular complexity index is 710. The lowest BCUT2D eigenvalue weighted by Gasteiger charge is -2.17. The molecule has 0 spiro atoms. The lowest BCUT2D eigenvalue weighted by atomic mass is 10.3. The van der Waals surface area contributed by atoms with Gasteiger partial charge in [-0.15, -0.1) is 0 Å². The predicted molar refractivity (Wildman–Crippen MR) is 68.9 cm³/mol. The average molecular weight is 314 g/mol. The molecule has 2 aromatic rings. The third kappa shape index (κ3) is 3.48. The molecule has 0 aliphatic heterocycles. The molecule has 0 bridgehead atoms. The number of anilines is 1. The van der Waals surface area contributed by atoms with Crippen LogP contribution in [-0.4, -0.2) is 23.0 Å². The number of rotatable bonds is 3. The molecule has 0 aliphatic carbocycles. The number of halogens is 4. The van der Waals surface area contributed by atoms with Crippen molar-refractivity contribution in [2.75, 3.05) is 11.9 Å². The van der Waals surface area contributed by atoms with Crippen molar-refractivity contribution in [2.24, 2.45) is 0 Å². The van der Waals surface area contributed by atoms with Gasteiger partial charge in [-0.05, 0) is 0 Å². The molecule has 0 aliphatic rings. The van der Waals surface area contributed by atoms with Gasteiger partial charge < -0.3 is 5.32 Å². The second kappa shape index (κ2) is 6.37. The van der Waals surface area contributed by atoms with E-state index in [4.69, 9.17) is 0 Å². The number of pyridine rings is 2. The van der Waals surface area contributed by atoms with Gasteiger partial charge in [-0.2, -0.15) is 0 Å². The van der Waals surface area contributed by atoms with E-state index in [-0.39, 0.29) is 12.2 Å². The van der Waals surface area contributed by atoms with Crippen molar-refractivity contribution in [3.05, 3.63) is 53.5 Å². The molecular formula is C13H10F4N4O. The molecule has 0 saturated heterocycles. The van der Waals surface area contributed by atoms with E-state index in [0.717, 1.165) is 17.3 Å². The summed E-state index contributed by atoms with van der Waals surface area (Å²) in [6.45, 7) is -0.335. The maximum Gasteiger partial charge on any atom is 0.323 e. The minimum absolute atomic E-state index is 0.185. The first-order valence-corrected chi connectivity index (χ1v) is 6.01. The second-order valence-corrected chi connectivity index (χ2v) is 4.26. The molecule has 0 saturated carbocycles. The fraction of sp³-hybridized carbons (Fsp3) is 0.154. The van der Waals surface area contributed by atoms with Gasteiger partial charge >= 0.3 is 6.03 Å². The molecule has 0 atom stereocenters. The zero-order valence-electron chi connectivity index (χ0n) is 11.3. The van der Waals surface area contributed by atoms with Crippen LogP contribution in [0.2, 0.25) is 0 Å². The fourth-order valence-corrected chi connectivity index (χ4v) is 1.60. The Kier molecular flexibility index (Phi) is 4.54. The van der Waals surface area contributed by atoms with Crippen LogP contribution in [0.1, 0.15) is 5.69 Å². The Hall–Kier alpha value is -2.71. The largest absolute Gasteiger partial charge is 0.332 e. The van der Waals surface area contributed by atoms with Gasteiger partial charge in [0.25, 0.3) is 0 Å². The van der Waals surface area contributed by atoms with Crippen molar-refractivity contribution >= 4 is 11.8 Å².